The summed E-state index contributed by atoms with van der Waals surface area (Å²) in [6.45, 7) is 12.4. The summed E-state index contributed by atoms with van der Waals surface area (Å²) in [6.07, 6.45) is 3.02. The third-order valence-corrected chi connectivity index (χ3v) is 2.15. The van der Waals surface area contributed by atoms with Crippen LogP contribution in [0.3, 0.4) is 0 Å². The van der Waals surface area contributed by atoms with Crippen molar-refractivity contribution >= 4 is 29.1 Å². The summed E-state index contributed by atoms with van der Waals surface area (Å²) < 4.78 is 10.5. The third-order valence-electron chi connectivity index (χ3n) is 0.842. The maximum absolute atomic E-state index is 5.23. The highest BCUT2D eigenvalue weighted by Gasteiger charge is 2.15. The summed E-state index contributed by atoms with van der Waals surface area (Å²) >= 11 is 0. The van der Waals surface area contributed by atoms with Gasteiger partial charge in [0.15, 0.2) is 0 Å². The summed E-state index contributed by atoms with van der Waals surface area (Å²) in [4.78, 5) is 0. The number of hydrogen-bond acceptors (Lipinski definition) is 4. The summed E-state index contributed by atoms with van der Waals surface area (Å²) in [7, 11) is -3.09. The molecule has 0 N–H and O–H groups in total. The lowest BCUT2D eigenvalue weighted by atomic mass is 10.8. The van der Waals surface area contributed by atoms with Gasteiger partial charge in [-0.15, -0.1) is 10.3 Å². The lowest BCUT2D eigenvalue weighted by Gasteiger charge is -2.12. The maximum Gasteiger partial charge on any atom is 0.278 e. The van der Waals surface area contributed by atoms with Gasteiger partial charge in [-0.1, -0.05) is 0 Å². The Morgan fingerprint density at radius 2 is 1.00 bits per heavy atom. The van der Waals surface area contributed by atoms with Gasteiger partial charge in [-0.3, -0.25) is 0 Å². The van der Waals surface area contributed by atoms with Crippen molar-refractivity contribution in [1.82, 2.24) is 0 Å². The van der Waals surface area contributed by atoms with Gasteiger partial charge >= 0.3 is 0 Å². The standard InChI is InChI=1S/C8H20N2O2Si2/c1-13(2,3)11-9-7-8-10-12-14(4,5)6/h7-8H,1-6H3/b9-7-,10-8-. The van der Waals surface area contributed by atoms with Crippen molar-refractivity contribution < 1.29 is 9.05 Å². The molecule has 4 nitrogen and oxygen atoms in total. The van der Waals surface area contributed by atoms with Crippen LogP contribution in [0.2, 0.25) is 39.3 Å². The molecule has 0 aromatic heterocycles. The normalized spacial score (nSPS) is 13.9. The first-order valence-electron chi connectivity index (χ1n) is 4.62. The molecule has 0 aliphatic rings. The second-order valence-corrected chi connectivity index (χ2v) is 13.7. The SMILES string of the molecule is C[Si](C)(C)O/N=C\C=N/O[Si](C)(C)C. The molecule has 0 aliphatic carbocycles. The second-order valence-electron chi connectivity index (χ2n) is 4.92. The molecule has 0 heterocycles. The van der Waals surface area contributed by atoms with Crippen LogP contribution in [-0.2, 0) is 9.05 Å². The van der Waals surface area contributed by atoms with Crippen molar-refractivity contribution in [3.63, 3.8) is 0 Å². The minimum atomic E-state index is -1.55. The minimum absolute atomic E-state index is 1.51. The van der Waals surface area contributed by atoms with Crippen molar-refractivity contribution in [2.24, 2.45) is 10.3 Å². The molecule has 14 heavy (non-hydrogen) atoms. The monoisotopic (exact) mass is 232 g/mol. The highest BCUT2D eigenvalue weighted by Crippen LogP contribution is 2.02. The van der Waals surface area contributed by atoms with Crippen molar-refractivity contribution in [2.75, 3.05) is 0 Å². The predicted octanol–water partition coefficient (Wildman–Crippen LogP) is 2.66. The molecule has 0 saturated heterocycles. The quantitative estimate of drug-likeness (QED) is 0.415. The van der Waals surface area contributed by atoms with Crippen LogP contribution in [0.15, 0.2) is 10.3 Å². The van der Waals surface area contributed by atoms with E-state index in [0.29, 0.717) is 0 Å². The van der Waals surface area contributed by atoms with Crippen molar-refractivity contribution in [1.29, 1.82) is 0 Å². The average Bonchev–Trinajstić information content (AvgIpc) is 1.92. The van der Waals surface area contributed by atoms with Gasteiger partial charge in [0.25, 0.3) is 16.6 Å². The number of rotatable bonds is 5. The van der Waals surface area contributed by atoms with Gasteiger partial charge in [-0.05, 0) is 39.3 Å². The number of nitrogens with zero attached hydrogens (tertiary/aromatic N) is 2. The molecule has 0 bridgehead atoms. The van der Waals surface area contributed by atoms with E-state index in [9.17, 15) is 0 Å². The van der Waals surface area contributed by atoms with Gasteiger partial charge in [0.2, 0.25) is 0 Å². The second kappa shape index (κ2) is 5.30. The zero-order valence-corrected chi connectivity index (χ0v) is 11.9. The average molecular weight is 232 g/mol. The Labute approximate surface area is 88.2 Å². The fourth-order valence-corrected chi connectivity index (χ4v) is 1.19. The number of oxime groups is 2. The first-order chi connectivity index (χ1) is 6.21. The molecular weight excluding hydrogens is 212 g/mol. The summed E-state index contributed by atoms with van der Waals surface area (Å²) in [5, 5.41) is 7.57. The lowest BCUT2D eigenvalue weighted by Crippen LogP contribution is -2.22. The highest BCUT2D eigenvalue weighted by molar-refractivity contribution is 6.70. The smallest absolute Gasteiger partial charge is 0.278 e. The molecule has 0 amide bonds. The molecular formula is C8H20N2O2Si2. The van der Waals surface area contributed by atoms with Crippen LogP contribution in [0.5, 0.6) is 0 Å². The van der Waals surface area contributed by atoms with Crippen LogP contribution < -0.4 is 0 Å². The van der Waals surface area contributed by atoms with Gasteiger partial charge in [0.05, 0.1) is 12.4 Å². The zero-order chi connectivity index (χ0) is 11.2. The van der Waals surface area contributed by atoms with Gasteiger partial charge < -0.3 is 9.05 Å². The zero-order valence-electron chi connectivity index (χ0n) is 9.87. The van der Waals surface area contributed by atoms with Crippen LogP contribution in [0.25, 0.3) is 0 Å². The molecule has 0 saturated carbocycles. The molecule has 82 valence electrons. The Kier molecular flexibility index (Phi) is 5.07. The molecule has 6 heteroatoms. The van der Waals surface area contributed by atoms with Crippen LogP contribution in [0.4, 0.5) is 0 Å². The van der Waals surface area contributed by atoms with E-state index in [0.717, 1.165) is 0 Å². The Morgan fingerprint density at radius 3 is 1.21 bits per heavy atom. The lowest BCUT2D eigenvalue weighted by molar-refractivity contribution is 0.334. The van der Waals surface area contributed by atoms with E-state index in [1.807, 2.05) is 0 Å². The molecule has 0 aromatic carbocycles. The Hall–Kier alpha value is -0.626. The fraction of sp³-hybridized carbons (Fsp3) is 0.750. The molecule has 0 unspecified atom stereocenters. The molecule has 0 radical (unpaired) electrons. The number of hydrogen-bond donors (Lipinski definition) is 0. The molecule has 0 aliphatic heterocycles. The first kappa shape index (κ1) is 13.4. The van der Waals surface area contributed by atoms with Crippen molar-refractivity contribution in [3.8, 4) is 0 Å². The molecule has 0 aromatic rings. The van der Waals surface area contributed by atoms with Crippen molar-refractivity contribution in [2.45, 2.75) is 39.3 Å². The fourth-order valence-electron chi connectivity index (χ4n) is 0.432. The van der Waals surface area contributed by atoms with E-state index < -0.39 is 16.6 Å². The minimum Gasteiger partial charge on any atom is -0.456 e. The van der Waals surface area contributed by atoms with E-state index in [-0.39, 0.29) is 0 Å². The van der Waals surface area contributed by atoms with Crippen LogP contribution in [0, 0.1) is 0 Å². The van der Waals surface area contributed by atoms with Crippen LogP contribution >= 0.6 is 0 Å². The first-order valence-corrected chi connectivity index (χ1v) is 11.4. The molecule has 0 spiro atoms. The molecule has 0 fully saturated rings. The van der Waals surface area contributed by atoms with Gasteiger partial charge in [-0.2, -0.15) is 0 Å². The largest absolute Gasteiger partial charge is 0.456 e. The van der Waals surface area contributed by atoms with E-state index in [1.165, 1.54) is 12.4 Å². The van der Waals surface area contributed by atoms with Crippen molar-refractivity contribution in [3.05, 3.63) is 0 Å². The van der Waals surface area contributed by atoms with Gasteiger partial charge in [0.1, 0.15) is 0 Å². The van der Waals surface area contributed by atoms with Crippen LogP contribution in [0.1, 0.15) is 0 Å². The summed E-state index contributed by atoms with van der Waals surface area (Å²) in [6, 6.07) is 0. The maximum atomic E-state index is 5.23. The van der Waals surface area contributed by atoms with Gasteiger partial charge in [0, 0.05) is 0 Å². The molecule has 0 rings (SSSR count). The summed E-state index contributed by atoms with van der Waals surface area (Å²) in [5.41, 5.74) is 0. The summed E-state index contributed by atoms with van der Waals surface area (Å²) in [5.74, 6) is 0. The predicted molar refractivity (Wildman–Crippen MR) is 65.8 cm³/mol. The van der Waals surface area contributed by atoms with E-state index in [2.05, 4.69) is 49.6 Å². The Bertz CT molecular complexity index is 192. The highest BCUT2D eigenvalue weighted by atomic mass is 28.4. The third kappa shape index (κ3) is 11.4. The Morgan fingerprint density at radius 1 is 0.714 bits per heavy atom. The molecule has 0 atom stereocenters. The van der Waals surface area contributed by atoms with Gasteiger partial charge in [-0.25, -0.2) is 0 Å². The van der Waals surface area contributed by atoms with E-state index in [1.54, 1.807) is 0 Å². The Balaban J connectivity index is 3.73. The van der Waals surface area contributed by atoms with Crippen LogP contribution in [-0.4, -0.2) is 29.1 Å². The topological polar surface area (TPSA) is 43.2 Å². The van der Waals surface area contributed by atoms with E-state index >= 15 is 0 Å². The van der Waals surface area contributed by atoms with E-state index in [4.69, 9.17) is 9.05 Å².